The van der Waals surface area contributed by atoms with Gasteiger partial charge in [0.1, 0.15) is 12.3 Å². The number of benzene rings is 2. The van der Waals surface area contributed by atoms with Crippen molar-refractivity contribution in [2.75, 3.05) is 10.8 Å². The van der Waals surface area contributed by atoms with Crippen LogP contribution in [0.2, 0.25) is 0 Å². The van der Waals surface area contributed by atoms with Crippen molar-refractivity contribution in [3.05, 3.63) is 83.3 Å². The lowest BCUT2D eigenvalue weighted by molar-refractivity contribution is -0.119. The van der Waals surface area contributed by atoms with E-state index in [4.69, 9.17) is 4.42 Å². The van der Waals surface area contributed by atoms with E-state index >= 15 is 0 Å². The molecule has 0 aliphatic carbocycles. The molecule has 0 bridgehead atoms. The Labute approximate surface area is 171 Å². The Morgan fingerprint density at radius 1 is 1.00 bits per heavy atom. The van der Waals surface area contributed by atoms with Gasteiger partial charge in [-0.25, -0.2) is 8.42 Å². The number of hydrogen-bond donors (Lipinski definition) is 1. The van der Waals surface area contributed by atoms with Crippen molar-refractivity contribution >= 4 is 21.6 Å². The molecule has 0 aliphatic heterocycles. The predicted octanol–water partition coefficient (Wildman–Crippen LogP) is 3.72. The Morgan fingerprint density at radius 3 is 2.38 bits per heavy atom. The molecule has 0 radical (unpaired) electrons. The van der Waals surface area contributed by atoms with Gasteiger partial charge in [0.2, 0.25) is 5.91 Å². The first-order chi connectivity index (χ1) is 13.8. The quantitative estimate of drug-likeness (QED) is 0.641. The van der Waals surface area contributed by atoms with Crippen molar-refractivity contribution in [2.45, 2.75) is 32.2 Å². The zero-order chi connectivity index (χ0) is 21.0. The largest absolute Gasteiger partial charge is 0.467 e. The highest BCUT2D eigenvalue weighted by Crippen LogP contribution is 2.28. The van der Waals surface area contributed by atoms with Gasteiger partial charge in [-0.1, -0.05) is 29.8 Å². The van der Waals surface area contributed by atoms with Crippen LogP contribution in [-0.2, 0) is 21.4 Å². The fourth-order valence-corrected chi connectivity index (χ4v) is 4.41. The molecule has 1 N–H and O–H groups in total. The number of sulfonamides is 1. The lowest BCUT2D eigenvalue weighted by Gasteiger charge is -2.26. The molecule has 6 nitrogen and oxygen atoms in total. The van der Waals surface area contributed by atoms with Gasteiger partial charge in [-0.3, -0.25) is 9.10 Å². The first kappa shape index (κ1) is 20.7. The van der Waals surface area contributed by atoms with Gasteiger partial charge in [-0.15, -0.1) is 0 Å². The molecule has 29 heavy (non-hydrogen) atoms. The Hall–Kier alpha value is -3.06. The third kappa shape index (κ3) is 4.68. The number of carbonyl (C=O) groups is 1. The first-order valence-corrected chi connectivity index (χ1v) is 10.7. The summed E-state index contributed by atoms with van der Waals surface area (Å²) in [4.78, 5) is 12.7. The van der Waals surface area contributed by atoms with Gasteiger partial charge in [0.15, 0.2) is 0 Å². The molecule has 2 aromatic carbocycles. The highest BCUT2D eigenvalue weighted by Gasteiger charge is 2.28. The van der Waals surface area contributed by atoms with Gasteiger partial charge in [-0.2, -0.15) is 0 Å². The minimum atomic E-state index is -3.93. The van der Waals surface area contributed by atoms with Gasteiger partial charge in [0.05, 0.1) is 23.4 Å². The normalized spacial score (nSPS) is 11.3. The summed E-state index contributed by atoms with van der Waals surface area (Å²) < 4.78 is 33.2. The van der Waals surface area contributed by atoms with Crippen molar-refractivity contribution < 1.29 is 17.6 Å². The summed E-state index contributed by atoms with van der Waals surface area (Å²) in [6, 6.07) is 15.5. The molecule has 3 rings (SSSR count). The first-order valence-electron chi connectivity index (χ1n) is 9.24. The van der Waals surface area contributed by atoms with Crippen LogP contribution < -0.4 is 9.62 Å². The molecule has 0 saturated heterocycles. The number of nitrogens with one attached hydrogen (secondary N) is 1. The summed E-state index contributed by atoms with van der Waals surface area (Å²) >= 11 is 0. The van der Waals surface area contributed by atoms with Crippen LogP contribution in [0.4, 0.5) is 5.69 Å². The van der Waals surface area contributed by atoms with Crippen LogP contribution in [0.15, 0.2) is 70.2 Å². The standard InChI is InChI=1S/C22H24N2O4S/c1-16-9-11-20(12-10-16)29(26,27)24(21-8-4-6-17(2)18(21)3)15-22(25)23-14-19-7-5-13-28-19/h4-13H,14-15H2,1-3H3,(H,23,25). The molecule has 152 valence electrons. The summed E-state index contributed by atoms with van der Waals surface area (Å²) in [6.07, 6.45) is 1.52. The van der Waals surface area contributed by atoms with Crippen molar-refractivity contribution in [3.8, 4) is 0 Å². The topological polar surface area (TPSA) is 79.6 Å². The van der Waals surface area contributed by atoms with Gasteiger partial charge >= 0.3 is 0 Å². The molecule has 1 aromatic heterocycles. The maximum Gasteiger partial charge on any atom is 0.264 e. The number of anilines is 1. The number of nitrogens with zero attached hydrogens (tertiary/aromatic N) is 1. The summed E-state index contributed by atoms with van der Waals surface area (Å²) in [5, 5.41) is 2.71. The van der Waals surface area contributed by atoms with E-state index in [1.165, 1.54) is 6.26 Å². The van der Waals surface area contributed by atoms with Crippen LogP contribution in [0, 0.1) is 20.8 Å². The number of carbonyl (C=O) groups excluding carboxylic acids is 1. The lowest BCUT2D eigenvalue weighted by Crippen LogP contribution is -2.41. The Morgan fingerprint density at radius 2 is 1.72 bits per heavy atom. The number of hydrogen-bond acceptors (Lipinski definition) is 4. The van der Waals surface area contributed by atoms with E-state index in [0.717, 1.165) is 21.0 Å². The van der Waals surface area contributed by atoms with Crippen molar-refractivity contribution in [3.63, 3.8) is 0 Å². The number of rotatable bonds is 7. The fourth-order valence-electron chi connectivity index (χ4n) is 2.93. The second-order valence-corrected chi connectivity index (χ2v) is 8.76. The van der Waals surface area contributed by atoms with Crippen molar-refractivity contribution in [1.29, 1.82) is 0 Å². The molecule has 0 saturated carbocycles. The Bertz CT molecular complexity index is 1090. The number of amides is 1. The third-order valence-corrected chi connectivity index (χ3v) is 6.55. The van der Waals surface area contributed by atoms with Crippen LogP contribution in [0.3, 0.4) is 0 Å². The highest BCUT2D eigenvalue weighted by molar-refractivity contribution is 7.92. The monoisotopic (exact) mass is 412 g/mol. The van der Waals surface area contributed by atoms with Crippen LogP contribution in [0.5, 0.6) is 0 Å². The SMILES string of the molecule is Cc1ccc(S(=O)(=O)N(CC(=O)NCc2ccco2)c2cccc(C)c2C)cc1. The molecule has 1 amide bonds. The average molecular weight is 413 g/mol. The van der Waals surface area contributed by atoms with Crippen LogP contribution in [-0.4, -0.2) is 20.9 Å². The van der Waals surface area contributed by atoms with Gasteiger partial charge in [-0.05, 0) is 62.2 Å². The summed E-state index contributed by atoms with van der Waals surface area (Å²) in [6.45, 7) is 5.51. The third-order valence-electron chi connectivity index (χ3n) is 4.78. The summed E-state index contributed by atoms with van der Waals surface area (Å²) in [5.41, 5.74) is 3.20. The van der Waals surface area contributed by atoms with E-state index in [9.17, 15) is 13.2 Å². The molecule has 7 heteroatoms. The second-order valence-electron chi connectivity index (χ2n) is 6.90. The number of aryl methyl sites for hydroxylation is 2. The fraction of sp³-hybridized carbons (Fsp3) is 0.227. The smallest absolute Gasteiger partial charge is 0.264 e. The average Bonchev–Trinajstić information content (AvgIpc) is 3.21. The van der Waals surface area contributed by atoms with E-state index in [2.05, 4.69) is 5.32 Å². The Balaban J connectivity index is 1.94. The molecular formula is C22H24N2O4S. The predicted molar refractivity (Wildman–Crippen MR) is 112 cm³/mol. The zero-order valence-corrected chi connectivity index (χ0v) is 17.5. The summed E-state index contributed by atoms with van der Waals surface area (Å²) in [7, 11) is -3.93. The zero-order valence-electron chi connectivity index (χ0n) is 16.7. The molecule has 1 heterocycles. The van der Waals surface area contributed by atoms with Crippen molar-refractivity contribution in [1.82, 2.24) is 5.32 Å². The molecule has 0 spiro atoms. The highest BCUT2D eigenvalue weighted by atomic mass is 32.2. The molecule has 0 atom stereocenters. The van der Waals surface area contributed by atoms with E-state index in [1.807, 2.05) is 26.8 Å². The minimum Gasteiger partial charge on any atom is -0.467 e. The van der Waals surface area contributed by atoms with Gasteiger partial charge in [0, 0.05) is 0 Å². The molecule has 0 aliphatic rings. The van der Waals surface area contributed by atoms with Crippen LogP contribution in [0.1, 0.15) is 22.5 Å². The second kappa shape index (κ2) is 8.53. The van der Waals surface area contributed by atoms with Gasteiger partial charge < -0.3 is 9.73 Å². The minimum absolute atomic E-state index is 0.142. The van der Waals surface area contributed by atoms with E-state index in [1.54, 1.807) is 48.5 Å². The maximum atomic E-state index is 13.4. The van der Waals surface area contributed by atoms with E-state index in [-0.39, 0.29) is 18.0 Å². The van der Waals surface area contributed by atoms with Crippen LogP contribution >= 0.6 is 0 Å². The van der Waals surface area contributed by atoms with E-state index in [0.29, 0.717) is 11.4 Å². The molecule has 0 unspecified atom stereocenters. The van der Waals surface area contributed by atoms with Crippen molar-refractivity contribution in [2.24, 2.45) is 0 Å². The number of furan rings is 1. The Kier molecular flexibility index (Phi) is 6.08. The molecular weight excluding hydrogens is 388 g/mol. The van der Waals surface area contributed by atoms with Gasteiger partial charge in [0.25, 0.3) is 10.0 Å². The van der Waals surface area contributed by atoms with E-state index < -0.39 is 15.9 Å². The summed E-state index contributed by atoms with van der Waals surface area (Å²) in [5.74, 6) is 0.177. The maximum absolute atomic E-state index is 13.4. The molecule has 0 fully saturated rings. The lowest BCUT2D eigenvalue weighted by atomic mass is 10.1. The molecule has 3 aromatic rings. The van der Waals surface area contributed by atoms with Crippen LogP contribution in [0.25, 0.3) is 0 Å².